The molecule has 0 saturated heterocycles. The van der Waals surface area contributed by atoms with Crippen molar-refractivity contribution in [3.63, 3.8) is 0 Å². The maximum atomic E-state index is 10.7. The van der Waals surface area contributed by atoms with E-state index in [9.17, 15) is 4.79 Å². The standard InChI is InChI=1S/C12H15Cl2NO2/c1-2-5-15(8-12(16)17)7-9-3-4-10(13)6-11(9)14/h3-4,6H,2,5,7-8H2,1H3,(H,16,17). The highest BCUT2D eigenvalue weighted by atomic mass is 35.5. The summed E-state index contributed by atoms with van der Waals surface area (Å²) in [4.78, 5) is 12.6. The van der Waals surface area contributed by atoms with Crippen molar-refractivity contribution in [2.75, 3.05) is 13.1 Å². The van der Waals surface area contributed by atoms with Gasteiger partial charge in [0.1, 0.15) is 0 Å². The van der Waals surface area contributed by atoms with Crippen LogP contribution in [0.15, 0.2) is 18.2 Å². The summed E-state index contributed by atoms with van der Waals surface area (Å²) in [6.45, 7) is 3.28. The minimum atomic E-state index is -0.830. The molecule has 3 nitrogen and oxygen atoms in total. The first-order valence-electron chi connectivity index (χ1n) is 5.41. The number of hydrogen-bond donors (Lipinski definition) is 1. The van der Waals surface area contributed by atoms with Crippen LogP contribution in [0.1, 0.15) is 18.9 Å². The fourth-order valence-electron chi connectivity index (χ4n) is 1.61. The van der Waals surface area contributed by atoms with Crippen LogP contribution in [0.2, 0.25) is 10.0 Å². The number of hydrogen-bond acceptors (Lipinski definition) is 2. The van der Waals surface area contributed by atoms with Crippen LogP contribution in [0.4, 0.5) is 0 Å². The molecule has 0 unspecified atom stereocenters. The third-order valence-corrected chi connectivity index (χ3v) is 2.89. The lowest BCUT2D eigenvalue weighted by molar-refractivity contribution is -0.138. The number of carboxylic acid groups (broad SMARTS) is 1. The topological polar surface area (TPSA) is 40.5 Å². The van der Waals surface area contributed by atoms with Crippen molar-refractivity contribution < 1.29 is 9.90 Å². The number of rotatable bonds is 6. The molecule has 0 spiro atoms. The van der Waals surface area contributed by atoms with E-state index in [1.165, 1.54) is 0 Å². The quantitative estimate of drug-likeness (QED) is 0.866. The zero-order valence-corrected chi connectivity index (χ0v) is 11.1. The fraction of sp³-hybridized carbons (Fsp3) is 0.417. The first kappa shape index (κ1) is 14.3. The van der Waals surface area contributed by atoms with Gasteiger partial charge in [-0.2, -0.15) is 0 Å². The molecule has 0 amide bonds. The first-order chi connectivity index (χ1) is 8.02. The van der Waals surface area contributed by atoms with Crippen LogP contribution in [0.25, 0.3) is 0 Å². The van der Waals surface area contributed by atoms with Gasteiger partial charge in [0, 0.05) is 16.6 Å². The predicted molar refractivity (Wildman–Crippen MR) is 69.7 cm³/mol. The van der Waals surface area contributed by atoms with Gasteiger partial charge >= 0.3 is 5.97 Å². The molecule has 94 valence electrons. The second-order valence-electron chi connectivity index (χ2n) is 3.84. The lowest BCUT2D eigenvalue weighted by Crippen LogP contribution is -2.30. The van der Waals surface area contributed by atoms with Crippen molar-refractivity contribution in [2.45, 2.75) is 19.9 Å². The Morgan fingerprint density at radius 1 is 1.41 bits per heavy atom. The molecule has 0 atom stereocenters. The highest BCUT2D eigenvalue weighted by Crippen LogP contribution is 2.22. The molecule has 0 bridgehead atoms. The zero-order chi connectivity index (χ0) is 12.8. The lowest BCUT2D eigenvalue weighted by Gasteiger charge is -2.20. The molecule has 0 heterocycles. The van der Waals surface area contributed by atoms with Gasteiger partial charge in [-0.25, -0.2) is 0 Å². The van der Waals surface area contributed by atoms with Crippen molar-refractivity contribution in [2.24, 2.45) is 0 Å². The normalized spacial score (nSPS) is 10.8. The van der Waals surface area contributed by atoms with Gasteiger partial charge in [-0.15, -0.1) is 0 Å². The zero-order valence-electron chi connectivity index (χ0n) is 9.62. The van der Waals surface area contributed by atoms with Crippen molar-refractivity contribution in [1.82, 2.24) is 4.90 Å². The Morgan fingerprint density at radius 3 is 2.65 bits per heavy atom. The molecule has 0 saturated carbocycles. The molecule has 1 aromatic rings. The van der Waals surface area contributed by atoms with Crippen LogP contribution in [-0.2, 0) is 11.3 Å². The number of benzene rings is 1. The summed E-state index contributed by atoms with van der Waals surface area (Å²) >= 11 is 11.9. The average Bonchev–Trinajstić information content (AvgIpc) is 2.21. The molecule has 0 aliphatic carbocycles. The number of nitrogens with zero attached hydrogens (tertiary/aromatic N) is 1. The van der Waals surface area contributed by atoms with E-state index in [4.69, 9.17) is 28.3 Å². The second-order valence-corrected chi connectivity index (χ2v) is 4.68. The molecular formula is C12H15Cl2NO2. The van der Waals surface area contributed by atoms with E-state index in [0.29, 0.717) is 16.6 Å². The Hall–Kier alpha value is -0.770. The summed E-state index contributed by atoms with van der Waals surface area (Å²) in [6.07, 6.45) is 0.901. The number of carbonyl (C=O) groups is 1. The summed E-state index contributed by atoms with van der Waals surface area (Å²) in [5.74, 6) is -0.830. The summed E-state index contributed by atoms with van der Waals surface area (Å²) in [5, 5.41) is 9.96. The van der Waals surface area contributed by atoms with Gasteiger partial charge in [-0.05, 0) is 30.7 Å². The van der Waals surface area contributed by atoms with E-state index in [1.54, 1.807) is 12.1 Å². The largest absolute Gasteiger partial charge is 0.480 e. The van der Waals surface area contributed by atoms with Gasteiger partial charge in [-0.3, -0.25) is 9.69 Å². The van der Waals surface area contributed by atoms with Crippen LogP contribution in [-0.4, -0.2) is 29.1 Å². The third-order valence-electron chi connectivity index (χ3n) is 2.31. The van der Waals surface area contributed by atoms with Crippen LogP contribution < -0.4 is 0 Å². The molecule has 0 aromatic heterocycles. The molecule has 5 heteroatoms. The van der Waals surface area contributed by atoms with E-state index in [0.717, 1.165) is 18.5 Å². The van der Waals surface area contributed by atoms with Gasteiger partial charge in [0.2, 0.25) is 0 Å². The Balaban J connectivity index is 2.74. The lowest BCUT2D eigenvalue weighted by atomic mass is 10.2. The molecule has 1 aromatic carbocycles. The van der Waals surface area contributed by atoms with Gasteiger partial charge < -0.3 is 5.11 Å². The van der Waals surface area contributed by atoms with Crippen molar-refractivity contribution in [1.29, 1.82) is 0 Å². The van der Waals surface area contributed by atoms with Crippen molar-refractivity contribution in [3.05, 3.63) is 33.8 Å². The minimum absolute atomic E-state index is 0.0206. The molecular weight excluding hydrogens is 261 g/mol. The number of halogens is 2. The van der Waals surface area contributed by atoms with E-state index in [2.05, 4.69) is 0 Å². The monoisotopic (exact) mass is 275 g/mol. The summed E-state index contributed by atoms with van der Waals surface area (Å²) in [6, 6.07) is 5.26. The Labute approximate surface area is 111 Å². The number of carboxylic acids is 1. The summed E-state index contributed by atoms with van der Waals surface area (Å²) < 4.78 is 0. The predicted octanol–water partition coefficient (Wildman–Crippen LogP) is 3.29. The van der Waals surface area contributed by atoms with Gasteiger partial charge in [0.05, 0.1) is 6.54 Å². The Morgan fingerprint density at radius 2 is 2.12 bits per heavy atom. The Bertz CT molecular complexity index is 396. The molecule has 1 rings (SSSR count). The molecule has 0 radical (unpaired) electrons. The highest BCUT2D eigenvalue weighted by Gasteiger charge is 2.11. The highest BCUT2D eigenvalue weighted by molar-refractivity contribution is 6.35. The first-order valence-corrected chi connectivity index (χ1v) is 6.16. The van der Waals surface area contributed by atoms with Gasteiger partial charge in [0.25, 0.3) is 0 Å². The van der Waals surface area contributed by atoms with E-state index >= 15 is 0 Å². The van der Waals surface area contributed by atoms with Crippen LogP contribution >= 0.6 is 23.2 Å². The van der Waals surface area contributed by atoms with E-state index in [1.807, 2.05) is 17.9 Å². The average molecular weight is 276 g/mol. The second kappa shape index (κ2) is 6.84. The van der Waals surface area contributed by atoms with Gasteiger partial charge in [-0.1, -0.05) is 36.2 Å². The summed E-state index contributed by atoms with van der Waals surface area (Å²) in [5.41, 5.74) is 0.894. The van der Waals surface area contributed by atoms with E-state index in [-0.39, 0.29) is 6.54 Å². The molecule has 17 heavy (non-hydrogen) atoms. The van der Waals surface area contributed by atoms with Crippen LogP contribution in [0.5, 0.6) is 0 Å². The molecule has 0 fully saturated rings. The van der Waals surface area contributed by atoms with Gasteiger partial charge in [0.15, 0.2) is 0 Å². The van der Waals surface area contributed by atoms with Crippen molar-refractivity contribution >= 4 is 29.2 Å². The summed E-state index contributed by atoms with van der Waals surface area (Å²) in [7, 11) is 0. The molecule has 0 aliphatic heterocycles. The maximum Gasteiger partial charge on any atom is 0.317 e. The number of aliphatic carboxylic acids is 1. The fourth-order valence-corrected chi connectivity index (χ4v) is 2.08. The van der Waals surface area contributed by atoms with Crippen molar-refractivity contribution in [3.8, 4) is 0 Å². The molecule has 1 N–H and O–H groups in total. The SMILES string of the molecule is CCCN(CC(=O)O)Cc1ccc(Cl)cc1Cl. The maximum absolute atomic E-state index is 10.7. The minimum Gasteiger partial charge on any atom is -0.480 e. The third kappa shape index (κ3) is 4.94. The Kier molecular flexibility index (Phi) is 5.75. The van der Waals surface area contributed by atoms with Crippen LogP contribution in [0.3, 0.4) is 0 Å². The molecule has 0 aliphatic rings. The smallest absolute Gasteiger partial charge is 0.317 e. The van der Waals surface area contributed by atoms with E-state index < -0.39 is 5.97 Å². The van der Waals surface area contributed by atoms with Crippen LogP contribution in [0, 0.1) is 0 Å².